The van der Waals surface area contributed by atoms with Crippen LogP contribution >= 0.6 is 0 Å². The monoisotopic (exact) mass is 287 g/mol. The average molecular weight is 287 g/mol. The molecule has 0 saturated carbocycles. The molecule has 1 aromatic rings. The summed E-state index contributed by atoms with van der Waals surface area (Å²) >= 11 is 0. The van der Waals surface area contributed by atoms with E-state index in [1.54, 1.807) is 11.1 Å². The lowest BCUT2D eigenvalue weighted by atomic mass is 10.0. The Morgan fingerprint density at radius 1 is 1.55 bits per heavy atom. The smallest absolute Gasteiger partial charge is 0.251 e. The van der Waals surface area contributed by atoms with E-state index in [-0.39, 0.29) is 12.5 Å². The van der Waals surface area contributed by atoms with Crippen LogP contribution in [-0.2, 0) is 11.2 Å². The summed E-state index contributed by atoms with van der Waals surface area (Å²) in [6.45, 7) is 0.664. The van der Waals surface area contributed by atoms with Gasteiger partial charge < -0.3 is 5.32 Å². The second-order valence-corrected chi connectivity index (χ2v) is 4.90. The van der Waals surface area contributed by atoms with Gasteiger partial charge in [-0.25, -0.2) is 8.78 Å². The minimum atomic E-state index is -2.40. The van der Waals surface area contributed by atoms with Crippen molar-refractivity contribution >= 4 is 5.91 Å². The molecule has 6 nitrogen and oxygen atoms in total. The van der Waals surface area contributed by atoms with Crippen molar-refractivity contribution in [2.75, 3.05) is 19.6 Å². The maximum atomic E-state index is 12.5. The number of aromatic nitrogens is 3. The normalized spacial score (nSPS) is 20.2. The minimum absolute atomic E-state index is 0.172. The molecule has 0 aromatic carbocycles. The van der Waals surface area contributed by atoms with E-state index in [9.17, 15) is 13.6 Å². The van der Waals surface area contributed by atoms with Gasteiger partial charge in [0.25, 0.3) is 6.43 Å². The van der Waals surface area contributed by atoms with Gasteiger partial charge in [-0.2, -0.15) is 15.4 Å². The van der Waals surface area contributed by atoms with Crippen molar-refractivity contribution in [1.29, 1.82) is 0 Å². The van der Waals surface area contributed by atoms with Gasteiger partial charge in [0, 0.05) is 13.0 Å². The van der Waals surface area contributed by atoms with Crippen LogP contribution in [0.2, 0.25) is 0 Å². The highest BCUT2D eigenvalue weighted by Crippen LogP contribution is 2.18. The molecule has 0 spiro atoms. The van der Waals surface area contributed by atoms with E-state index >= 15 is 0 Å². The first-order valence-corrected chi connectivity index (χ1v) is 6.81. The summed E-state index contributed by atoms with van der Waals surface area (Å²) in [5.41, 5.74) is 0.762. The van der Waals surface area contributed by atoms with E-state index in [1.807, 2.05) is 0 Å². The number of H-pyrrole nitrogens is 1. The largest absolute Gasteiger partial charge is 0.354 e. The van der Waals surface area contributed by atoms with Gasteiger partial charge in [-0.3, -0.25) is 9.69 Å². The highest BCUT2D eigenvalue weighted by Gasteiger charge is 2.29. The topological polar surface area (TPSA) is 73.9 Å². The van der Waals surface area contributed by atoms with Crippen molar-refractivity contribution in [1.82, 2.24) is 25.6 Å². The second-order valence-electron chi connectivity index (χ2n) is 4.90. The number of nitrogens with zero attached hydrogens (tertiary/aromatic N) is 3. The third-order valence-corrected chi connectivity index (χ3v) is 3.43. The number of carbonyl (C=O) groups excluding carboxylic acids is 1. The lowest BCUT2D eigenvalue weighted by Gasteiger charge is -2.34. The Hall–Kier alpha value is -1.57. The Morgan fingerprint density at radius 3 is 3.10 bits per heavy atom. The zero-order valence-electron chi connectivity index (χ0n) is 11.2. The Bertz CT molecular complexity index is 412. The van der Waals surface area contributed by atoms with Crippen LogP contribution in [0.4, 0.5) is 8.78 Å². The Kier molecular flexibility index (Phi) is 5.40. The summed E-state index contributed by atoms with van der Waals surface area (Å²) in [6, 6.07) is -0.435. The van der Waals surface area contributed by atoms with Crippen molar-refractivity contribution in [2.45, 2.75) is 38.2 Å². The molecular weight excluding hydrogens is 268 g/mol. The predicted molar refractivity (Wildman–Crippen MR) is 68.3 cm³/mol. The summed E-state index contributed by atoms with van der Waals surface area (Å²) in [5.74, 6) is -0.172. The van der Waals surface area contributed by atoms with E-state index < -0.39 is 12.5 Å². The van der Waals surface area contributed by atoms with Gasteiger partial charge in [-0.05, 0) is 19.4 Å². The van der Waals surface area contributed by atoms with Gasteiger partial charge >= 0.3 is 0 Å². The number of piperidine rings is 1. The van der Waals surface area contributed by atoms with Crippen molar-refractivity contribution < 1.29 is 13.6 Å². The third kappa shape index (κ3) is 4.22. The number of hydrogen-bond acceptors (Lipinski definition) is 4. The first kappa shape index (κ1) is 14.8. The predicted octanol–water partition coefficient (Wildman–Crippen LogP) is 0.583. The van der Waals surface area contributed by atoms with Crippen LogP contribution in [0, 0.1) is 0 Å². The van der Waals surface area contributed by atoms with Crippen LogP contribution < -0.4 is 5.32 Å². The molecule has 0 aliphatic carbocycles. The maximum absolute atomic E-state index is 12.5. The molecule has 1 saturated heterocycles. The fourth-order valence-electron chi connectivity index (χ4n) is 2.46. The van der Waals surface area contributed by atoms with Gasteiger partial charge in [-0.1, -0.05) is 6.42 Å². The van der Waals surface area contributed by atoms with E-state index in [1.165, 1.54) is 0 Å². The molecule has 2 rings (SSSR count). The van der Waals surface area contributed by atoms with Crippen LogP contribution in [0.3, 0.4) is 0 Å². The highest BCUT2D eigenvalue weighted by atomic mass is 19.3. The van der Waals surface area contributed by atoms with Gasteiger partial charge in [0.05, 0.1) is 24.5 Å². The maximum Gasteiger partial charge on any atom is 0.251 e. The van der Waals surface area contributed by atoms with Crippen LogP contribution in [0.15, 0.2) is 6.20 Å². The number of nitrogens with one attached hydrogen (secondary N) is 2. The van der Waals surface area contributed by atoms with E-state index in [0.29, 0.717) is 25.9 Å². The number of amides is 1. The molecule has 0 radical (unpaired) electrons. The number of likely N-dealkylation sites (tertiary alicyclic amines) is 1. The molecule has 1 aromatic heterocycles. The van der Waals surface area contributed by atoms with E-state index in [4.69, 9.17) is 0 Å². The molecule has 1 unspecified atom stereocenters. The molecular formula is C12H19F2N5O. The Labute approximate surface area is 115 Å². The number of rotatable bonds is 6. The number of alkyl halides is 2. The van der Waals surface area contributed by atoms with Gasteiger partial charge in [0.2, 0.25) is 5.91 Å². The first-order valence-electron chi connectivity index (χ1n) is 6.81. The molecule has 8 heteroatoms. The van der Waals surface area contributed by atoms with Crippen LogP contribution in [0.5, 0.6) is 0 Å². The van der Waals surface area contributed by atoms with Crippen LogP contribution in [0.25, 0.3) is 0 Å². The van der Waals surface area contributed by atoms with Crippen LogP contribution in [-0.4, -0.2) is 58.3 Å². The summed E-state index contributed by atoms with van der Waals surface area (Å²) in [6.07, 6.45) is 2.18. The van der Waals surface area contributed by atoms with Crippen molar-refractivity contribution in [2.24, 2.45) is 0 Å². The summed E-state index contributed by atoms with van der Waals surface area (Å²) in [5, 5.41) is 12.8. The summed E-state index contributed by atoms with van der Waals surface area (Å²) in [4.78, 5) is 13.7. The SMILES string of the molecule is O=C(NCCc1cn[nH]n1)C1CCCCN1CC(F)F. The third-order valence-electron chi connectivity index (χ3n) is 3.43. The van der Waals surface area contributed by atoms with E-state index in [0.717, 1.165) is 18.5 Å². The second kappa shape index (κ2) is 7.28. The molecule has 1 aliphatic rings. The molecule has 0 bridgehead atoms. The zero-order chi connectivity index (χ0) is 14.4. The quantitative estimate of drug-likeness (QED) is 0.803. The fraction of sp³-hybridized carbons (Fsp3) is 0.750. The van der Waals surface area contributed by atoms with E-state index in [2.05, 4.69) is 20.7 Å². The lowest BCUT2D eigenvalue weighted by molar-refractivity contribution is -0.128. The molecule has 1 atom stereocenters. The van der Waals surface area contributed by atoms with Crippen LogP contribution in [0.1, 0.15) is 25.0 Å². The number of hydrogen-bond donors (Lipinski definition) is 2. The standard InChI is InChI=1S/C12H19F2N5O/c13-11(14)8-19-6-2-1-3-10(19)12(20)15-5-4-9-7-16-18-17-9/h7,10-11H,1-6,8H2,(H,15,20)(H,16,17,18). The molecule has 1 aliphatic heterocycles. The molecule has 2 N–H and O–H groups in total. The summed E-state index contributed by atoms with van der Waals surface area (Å²) < 4.78 is 25.0. The number of carbonyl (C=O) groups is 1. The van der Waals surface area contributed by atoms with Crippen molar-refractivity contribution in [3.63, 3.8) is 0 Å². The Morgan fingerprint density at radius 2 is 2.40 bits per heavy atom. The van der Waals surface area contributed by atoms with Gasteiger partial charge in [-0.15, -0.1) is 0 Å². The molecule has 1 fully saturated rings. The summed E-state index contributed by atoms with van der Waals surface area (Å²) in [7, 11) is 0. The first-order chi connectivity index (χ1) is 9.66. The minimum Gasteiger partial charge on any atom is -0.354 e. The average Bonchev–Trinajstić information content (AvgIpc) is 2.91. The Balaban J connectivity index is 1.79. The number of halogens is 2. The lowest BCUT2D eigenvalue weighted by Crippen LogP contribution is -2.51. The molecule has 2 heterocycles. The van der Waals surface area contributed by atoms with Gasteiger partial charge in [0.1, 0.15) is 0 Å². The van der Waals surface area contributed by atoms with Crippen molar-refractivity contribution in [3.8, 4) is 0 Å². The highest BCUT2D eigenvalue weighted by molar-refractivity contribution is 5.81. The zero-order valence-corrected chi connectivity index (χ0v) is 11.2. The molecule has 1 amide bonds. The number of aromatic amines is 1. The van der Waals surface area contributed by atoms with Gasteiger partial charge in [0.15, 0.2) is 0 Å². The van der Waals surface area contributed by atoms with Crippen molar-refractivity contribution in [3.05, 3.63) is 11.9 Å². The molecule has 112 valence electrons. The fourth-order valence-corrected chi connectivity index (χ4v) is 2.46. The molecule has 20 heavy (non-hydrogen) atoms.